The molecule has 1 aromatic carbocycles. The van der Waals surface area contributed by atoms with Gasteiger partial charge in [-0.2, -0.15) is 0 Å². The van der Waals surface area contributed by atoms with E-state index in [4.69, 9.17) is 14.2 Å². The fourth-order valence-corrected chi connectivity index (χ4v) is 4.42. The van der Waals surface area contributed by atoms with Crippen LogP contribution in [0.25, 0.3) is 0 Å². The van der Waals surface area contributed by atoms with E-state index in [0.29, 0.717) is 6.54 Å². The summed E-state index contributed by atoms with van der Waals surface area (Å²) in [5.74, 6) is 2.35. The smallest absolute Gasteiger partial charge is 0.214 e. The van der Waals surface area contributed by atoms with E-state index in [1.54, 1.807) is 19.1 Å². The van der Waals surface area contributed by atoms with E-state index in [1.807, 2.05) is 10.7 Å². The number of tetrazole rings is 1. The Morgan fingerprint density at radius 3 is 2.66 bits per heavy atom. The third-order valence-corrected chi connectivity index (χ3v) is 6.11. The lowest BCUT2D eigenvalue weighted by atomic mass is 10.0. The molecule has 158 valence electrons. The SMILES string of the molecule is COc1ccc([C@@H](c2nnnn2C[C@@H]2CCCO2)[NH+]2CC[NH+](C)CC2)cc1OC. The molecule has 2 N–H and O–H groups in total. The second-order valence-electron chi connectivity index (χ2n) is 8.02. The Hall–Kier alpha value is -2.23. The minimum Gasteiger partial charge on any atom is -0.493 e. The summed E-state index contributed by atoms with van der Waals surface area (Å²) >= 11 is 0. The molecule has 1 aromatic heterocycles. The van der Waals surface area contributed by atoms with Gasteiger partial charge in [-0.25, -0.2) is 4.68 Å². The van der Waals surface area contributed by atoms with Crippen LogP contribution in [0.2, 0.25) is 0 Å². The van der Waals surface area contributed by atoms with Crippen LogP contribution in [0.5, 0.6) is 11.5 Å². The molecule has 0 spiro atoms. The summed E-state index contributed by atoms with van der Waals surface area (Å²) in [5, 5.41) is 12.8. The van der Waals surface area contributed by atoms with Crippen LogP contribution >= 0.6 is 0 Å². The molecule has 2 saturated heterocycles. The van der Waals surface area contributed by atoms with Crippen molar-refractivity contribution in [3.05, 3.63) is 29.6 Å². The molecule has 29 heavy (non-hydrogen) atoms. The second kappa shape index (κ2) is 9.06. The molecule has 0 aliphatic carbocycles. The van der Waals surface area contributed by atoms with E-state index in [0.717, 1.165) is 68.5 Å². The molecule has 0 bridgehead atoms. The minimum atomic E-state index is 0.0410. The molecule has 2 aliphatic heterocycles. The van der Waals surface area contributed by atoms with E-state index in [2.05, 4.69) is 34.7 Å². The molecule has 0 radical (unpaired) electrons. The van der Waals surface area contributed by atoms with Gasteiger partial charge in [0.25, 0.3) is 0 Å². The normalized spacial score (nSPS) is 25.7. The van der Waals surface area contributed by atoms with Gasteiger partial charge in [-0.15, -0.1) is 5.10 Å². The van der Waals surface area contributed by atoms with Crippen molar-refractivity contribution in [2.75, 3.05) is 54.1 Å². The molecule has 0 amide bonds. The highest BCUT2D eigenvalue weighted by molar-refractivity contribution is 5.44. The van der Waals surface area contributed by atoms with Crippen LogP contribution in [-0.2, 0) is 11.3 Å². The number of piperazine rings is 1. The van der Waals surface area contributed by atoms with Gasteiger partial charge >= 0.3 is 0 Å². The van der Waals surface area contributed by atoms with Gasteiger partial charge in [0, 0.05) is 12.2 Å². The quantitative estimate of drug-likeness (QED) is 0.577. The van der Waals surface area contributed by atoms with Crippen LogP contribution in [0.15, 0.2) is 18.2 Å². The van der Waals surface area contributed by atoms with Gasteiger partial charge in [0.15, 0.2) is 17.5 Å². The summed E-state index contributed by atoms with van der Waals surface area (Å²) in [4.78, 5) is 3.05. The predicted molar refractivity (Wildman–Crippen MR) is 105 cm³/mol. The van der Waals surface area contributed by atoms with E-state index in [9.17, 15) is 0 Å². The van der Waals surface area contributed by atoms with Gasteiger partial charge in [-0.1, -0.05) is 0 Å². The number of rotatable bonds is 7. The van der Waals surface area contributed by atoms with Crippen LogP contribution in [0.3, 0.4) is 0 Å². The first-order valence-electron chi connectivity index (χ1n) is 10.4. The van der Waals surface area contributed by atoms with Crippen LogP contribution in [-0.4, -0.2) is 80.4 Å². The Kier molecular flexibility index (Phi) is 6.27. The van der Waals surface area contributed by atoms with Crippen LogP contribution in [0.4, 0.5) is 0 Å². The lowest BCUT2D eigenvalue weighted by Gasteiger charge is -2.33. The zero-order valence-corrected chi connectivity index (χ0v) is 17.6. The highest BCUT2D eigenvalue weighted by Crippen LogP contribution is 2.31. The molecule has 2 fully saturated rings. The maximum absolute atomic E-state index is 5.83. The minimum absolute atomic E-state index is 0.0410. The number of methoxy groups -OCH3 is 2. The van der Waals surface area contributed by atoms with E-state index in [1.165, 1.54) is 4.90 Å². The number of hydrogen-bond donors (Lipinski definition) is 2. The fraction of sp³-hybridized carbons (Fsp3) is 0.650. The molecule has 9 heteroatoms. The Balaban J connectivity index is 1.69. The average Bonchev–Trinajstić information content (AvgIpc) is 3.42. The second-order valence-corrected chi connectivity index (χ2v) is 8.02. The maximum Gasteiger partial charge on any atom is 0.214 e. The third kappa shape index (κ3) is 4.36. The number of nitrogens with zero attached hydrogens (tertiary/aromatic N) is 4. The predicted octanol–water partition coefficient (Wildman–Crippen LogP) is -1.63. The van der Waals surface area contributed by atoms with Crippen molar-refractivity contribution >= 4 is 0 Å². The number of aromatic nitrogens is 4. The van der Waals surface area contributed by atoms with Crippen LogP contribution in [0.1, 0.15) is 30.3 Å². The first kappa shape index (κ1) is 20.1. The van der Waals surface area contributed by atoms with Crippen molar-refractivity contribution in [3.8, 4) is 11.5 Å². The Morgan fingerprint density at radius 1 is 1.17 bits per heavy atom. The molecule has 9 nitrogen and oxygen atoms in total. The topological polar surface area (TPSA) is 80.2 Å². The summed E-state index contributed by atoms with van der Waals surface area (Å²) in [6, 6.07) is 6.18. The highest BCUT2D eigenvalue weighted by Gasteiger charge is 2.36. The van der Waals surface area contributed by atoms with Gasteiger partial charge in [0.2, 0.25) is 5.82 Å². The van der Waals surface area contributed by atoms with Crippen molar-refractivity contribution in [1.82, 2.24) is 20.2 Å². The standard InChI is InChI=1S/C20H30N6O3/c1-24-8-10-25(11-9-24)19(15-6-7-17(27-2)18(13-15)28-3)20-21-22-23-26(20)14-16-5-4-12-29-16/h6-7,13,16,19H,4-5,8-12,14H2,1-3H3/p+2/t16-,19-/m0/s1. The summed E-state index contributed by atoms with van der Waals surface area (Å²) in [7, 11) is 5.58. The summed E-state index contributed by atoms with van der Waals surface area (Å²) in [6.07, 6.45) is 2.36. The molecule has 3 heterocycles. The Labute approximate surface area is 171 Å². The zero-order valence-electron chi connectivity index (χ0n) is 17.6. The number of nitrogens with one attached hydrogen (secondary N) is 2. The van der Waals surface area contributed by atoms with Crippen molar-refractivity contribution < 1.29 is 24.0 Å². The number of likely N-dealkylation sites (N-methyl/N-ethyl adjacent to an activating group) is 1. The fourth-order valence-electron chi connectivity index (χ4n) is 4.42. The summed E-state index contributed by atoms with van der Waals surface area (Å²) in [6.45, 7) is 5.92. The molecule has 0 unspecified atom stereocenters. The first-order chi connectivity index (χ1) is 14.2. The molecule has 2 atom stereocenters. The zero-order chi connectivity index (χ0) is 20.2. The van der Waals surface area contributed by atoms with Gasteiger partial charge < -0.3 is 24.0 Å². The maximum atomic E-state index is 5.83. The number of quaternary nitrogens is 2. The van der Waals surface area contributed by atoms with Gasteiger partial charge in [-0.3, -0.25) is 0 Å². The van der Waals surface area contributed by atoms with E-state index < -0.39 is 0 Å². The lowest BCUT2D eigenvalue weighted by Crippen LogP contribution is -3.27. The Bertz CT molecular complexity index is 799. The van der Waals surface area contributed by atoms with Crippen LogP contribution in [0, 0.1) is 0 Å². The van der Waals surface area contributed by atoms with Crippen LogP contribution < -0.4 is 19.3 Å². The molecule has 2 aromatic rings. The third-order valence-electron chi connectivity index (χ3n) is 6.11. The van der Waals surface area contributed by atoms with Gasteiger partial charge in [-0.05, 0) is 41.5 Å². The molecule has 0 saturated carbocycles. The first-order valence-corrected chi connectivity index (χ1v) is 10.4. The van der Waals surface area contributed by atoms with Gasteiger partial charge in [0.1, 0.15) is 26.2 Å². The highest BCUT2D eigenvalue weighted by atomic mass is 16.5. The summed E-state index contributed by atoms with van der Waals surface area (Å²) in [5.41, 5.74) is 1.14. The summed E-state index contributed by atoms with van der Waals surface area (Å²) < 4.78 is 18.8. The molecule has 2 aliphatic rings. The van der Waals surface area contributed by atoms with Crippen molar-refractivity contribution in [3.63, 3.8) is 0 Å². The molecular weight excluding hydrogens is 372 g/mol. The van der Waals surface area contributed by atoms with Crippen molar-refractivity contribution in [2.45, 2.75) is 31.5 Å². The average molecular weight is 405 g/mol. The van der Waals surface area contributed by atoms with Gasteiger partial charge in [0.05, 0.1) is 33.9 Å². The largest absolute Gasteiger partial charge is 0.493 e. The van der Waals surface area contributed by atoms with Crippen molar-refractivity contribution in [2.24, 2.45) is 0 Å². The molecule has 4 rings (SSSR count). The number of hydrogen-bond acceptors (Lipinski definition) is 6. The molecular formula is C20H32N6O3+2. The van der Waals surface area contributed by atoms with E-state index >= 15 is 0 Å². The lowest BCUT2D eigenvalue weighted by molar-refractivity contribution is -1.02. The van der Waals surface area contributed by atoms with Crippen molar-refractivity contribution in [1.29, 1.82) is 0 Å². The van der Waals surface area contributed by atoms with E-state index in [-0.39, 0.29) is 12.1 Å². The number of benzene rings is 1. The monoisotopic (exact) mass is 404 g/mol. The Morgan fingerprint density at radius 2 is 1.97 bits per heavy atom. The number of ether oxygens (including phenoxy) is 3.